The van der Waals surface area contributed by atoms with Gasteiger partial charge in [-0.15, -0.1) is 0 Å². The molecule has 0 bridgehead atoms. The molecule has 1 rings (SSSR count). The van der Waals surface area contributed by atoms with Crippen molar-refractivity contribution in [2.45, 2.75) is 27.2 Å². The van der Waals surface area contributed by atoms with Gasteiger partial charge in [0.25, 0.3) is 0 Å². The maximum absolute atomic E-state index is 11.5. The molecule has 17 heavy (non-hydrogen) atoms. The molecule has 0 spiro atoms. The van der Waals surface area contributed by atoms with Gasteiger partial charge >= 0.3 is 5.97 Å². The van der Waals surface area contributed by atoms with Crippen LogP contribution in [-0.4, -0.2) is 19.7 Å². The zero-order chi connectivity index (χ0) is 12.8. The average molecular weight is 236 g/mol. The summed E-state index contributed by atoms with van der Waals surface area (Å²) in [5.74, 6) is 1.00. The first-order chi connectivity index (χ1) is 8.08. The minimum Gasteiger partial charge on any atom is -0.493 e. The zero-order valence-corrected chi connectivity index (χ0v) is 10.9. The highest BCUT2D eigenvalue weighted by molar-refractivity contribution is 5.91. The van der Waals surface area contributed by atoms with E-state index < -0.39 is 0 Å². The third kappa shape index (κ3) is 3.77. The maximum Gasteiger partial charge on any atom is 0.338 e. The highest BCUT2D eigenvalue weighted by atomic mass is 16.5. The Balaban J connectivity index is 2.88. The fourth-order valence-electron chi connectivity index (χ4n) is 1.52. The Bertz CT molecular complexity index is 383. The molecule has 0 saturated heterocycles. The van der Waals surface area contributed by atoms with Crippen LogP contribution in [-0.2, 0) is 11.2 Å². The predicted molar refractivity (Wildman–Crippen MR) is 67.5 cm³/mol. The molecule has 0 aliphatic rings. The molecule has 0 unspecified atom stereocenters. The Morgan fingerprint density at radius 3 is 2.59 bits per heavy atom. The average Bonchev–Trinajstić information content (AvgIpc) is 2.34. The molecule has 0 saturated carbocycles. The molecule has 0 N–H and O–H groups in total. The third-order valence-corrected chi connectivity index (χ3v) is 2.45. The smallest absolute Gasteiger partial charge is 0.338 e. The van der Waals surface area contributed by atoms with E-state index >= 15 is 0 Å². The normalized spacial score (nSPS) is 10.4. The first-order valence-corrected chi connectivity index (χ1v) is 5.92. The minimum absolute atomic E-state index is 0.294. The summed E-state index contributed by atoms with van der Waals surface area (Å²) in [7, 11) is 1.39. The fourth-order valence-corrected chi connectivity index (χ4v) is 1.52. The number of esters is 1. The Morgan fingerprint density at radius 1 is 1.35 bits per heavy atom. The Labute approximate surface area is 103 Å². The van der Waals surface area contributed by atoms with Gasteiger partial charge in [-0.1, -0.05) is 20.8 Å². The van der Waals surface area contributed by atoms with Crippen LogP contribution in [0.5, 0.6) is 5.75 Å². The van der Waals surface area contributed by atoms with E-state index in [0.29, 0.717) is 18.1 Å². The number of hydrogen-bond donors (Lipinski definition) is 0. The van der Waals surface area contributed by atoms with Gasteiger partial charge in [0, 0.05) is 0 Å². The van der Waals surface area contributed by atoms with Crippen molar-refractivity contribution in [2.24, 2.45) is 5.92 Å². The molecular weight excluding hydrogens is 216 g/mol. The standard InChI is InChI=1S/C14H20O3/c1-5-11-8-12(17-9-10(2)3)6-7-13(11)14(15)16-4/h6-8,10H,5,9H2,1-4H3. The van der Waals surface area contributed by atoms with Crippen molar-refractivity contribution in [3.63, 3.8) is 0 Å². The Morgan fingerprint density at radius 2 is 2.06 bits per heavy atom. The predicted octanol–water partition coefficient (Wildman–Crippen LogP) is 3.07. The summed E-state index contributed by atoms with van der Waals surface area (Å²) in [5, 5.41) is 0. The highest BCUT2D eigenvalue weighted by Gasteiger charge is 2.11. The van der Waals surface area contributed by atoms with Crippen molar-refractivity contribution in [1.29, 1.82) is 0 Å². The lowest BCUT2D eigenvalue weighted by Crippen LogP contribution is -2.08. The second kappa shape index (κ2) is 6.28. The second-order valence-corrected chi connectivity index (χ2v) is 4.37. The van der Waals surface area contributed by atoms with E-state index in [1.165, 1.54) is 7.11 Å². The Hall–Kier alpha value is -1.51. The van der Waals surface area contributed by atoms with Crippen molar-refractivity contribution >= 4 is 5.97 Å². The molecule has 94 valence electrons. The summed E-state index contributed by atoms with van der Waals surface area (Å²) in [6.45, 7) is 6.89. The lowest BCUT2D eigenvalue weighted by atomic mass is 10.0. The lowest BCUT2D eigenvalue weighted by molar-refractivity contribution is 0.0599. The molecule has 3 heteroatoms. The van der Waals surface area contributed by atoms with Crippen molar-refractivity contribution in [1.82, 2.24) is 0 Å². The second-order valence-electron chi connectivity index (χ2n) is 4.37. The molecule has 0 atom stereocenters. The van der Waals surface area contributed by atoms with Crippen LogP contribution in [0.4, 0.5) is 0 Å². The fraction of sp³-hybridized carbons (Fsp3) is 0.500. The lowest BCUT2D eigenvalue weighted by Gasteiger charge is -2.11. The molecule has 0 heterocycles. The van der Waals surface area contributed by atoms with Gasteiger partial charge in [-0.05, 0) is 36.1 Å². The summed E-state index contributed by atoms with van der Waals surface area (Å²) in [6.07, 6.45) is 0.781. The molecule has 0 aliphatic heterocycles. The van der Waals surface area contributed by atoms with Gasteiger partial charge in [-0.2, -0.15) is 0 Å². The molecule has 3 nitrogen and oxygen atoms in total. The van der Waals surface area contributed by atoms with E-state index in [4.69, 9.17) is 9.47 Å². The zero-order valence-electron chi connectivity index (χ0n) is 10.9. The van der Waals surface area contributed by atoms with Gasteiger partial charge in [0.2, 0.25) is 0 Å². The van der Waals surface area contributed by atoms with E-state index in [0.717, 1.165) is 17.7 Å². The first-order valence-electron chi connectivity index (χ1n) is 5.92. The van der Waals surface area contributed by atoms with E-state index in [9.17, 15) is 4.79 Å². The quantitative estimate of drug-likeness (QED) is 0.737. The topological polar surface area (TPSA) is 35.5 Å². The van der Waals surface area contributed by atoms with Crippen LogP contribution in [0.25, 0.3) is 0 Å². The number of hydrogen-bond acceptors (Lipinski definition) is 3. The van der Waals surface area contributed by atoms with Crippen LogP contribution in [0.15, 0.2) is 18.2 Å². The van der Waals surface area contributed by atoms with E-state index in [1.807, 2.05) is 19.1 Å². The minimum atomic E-state index is -0.294. The number of methoxy groups -OCH3 is 1. The largest absolute Gasteiger partial charge is 0.493 e. The van der Waals surface area contributed by atoms with Crippen LogP contribution < -0.4 is 4.74 Å². The van der Waals surface area contributed by atoms with Gasteiger partial charge < -0.3 is 9.47 Å². The highest BCUT2D eigenvalue weighted by Crippen LogP contribution is 2.20. The molecule has 0 aromatic heterocycles. The molecule has 1 aromatic carbocycles. The first kappa shape index (κ1) is 13.6. The summed E-state index contributed by atoms with van der Waals surface area (Å²) < 4.78 is 10.4. The number of carbonyl (C=O) groups excluding carboxylic acids is 1. The summed E-state index contributed by atoms with van der Waals surface area (Å²) >= 11 is 0. The molecular formula is C14H20O3. The number of benzene rings is 1. The van der Waals surface area contributed by atoms with Gasteiger partial charge in [-0.25, -0.2) is 4.79 Å². The van der Waals surface area contributed by atoms with Gasteiger partial charge in [0.15, 0.2) is 0 Å². The molecule has 0 radical (unpaired) electrons. The van der Waals surface area contributed by atoms with Crippen LogP contribution in [0.3, 0.4) is 0 Å². The number of aryl methyl sites for hydroxylation is 1. The SMILES string of the molecule is CCc1cc(OCC(C)C)ccc1C(=O)OC. The molecule has 0 fully saturated rings. The van der Waals surface area contributed by atoms with E-state index in [-0.39, 0.29) is 5.97 Å². The van der Waals surface area contributed by atoms with E-state index in [2.05, 4.69) is 13.8 Å². The van der Waals surface area contributed by atoms with Crippen molar-refractivity contribution in [2.75, 3.05) is 13.7 Å². The van der Waals surface area contributed by atoms with Crippen LogP contribution >= 0.6 is 0 Å². The maximum atomic E-state index is 11.5. The molecule has 0 amide bonds. The van der Waals surface area contributed by atoms with E-state index in [1.54, 1.807) is 6.07 Å². The number of rotatable bonds is 5. The summed E-state index contributed by atoms with van der Waals surface area (Å²) in [5.41, 5.74) is 1.57. The number of ether oxygens (including phenoxy) is 2. The van der Waals surface area contributed by atoms with Crippen LogP contribution in [0.1, 0.15) is 36.7 Å². The van der Waals surface area contributed by atoms with Crippen molar-refractivity contribution < 1.29 is 14.3 Å². The van der Waals surface area contributed by atoms with Gasteiger partial charge in [0.05, 0.1) is 19.3 Å². The monoisotopic (exact) mass is 236 g/mol. The van der Waals surface area contributed by atoms with Gasteiger partial charge in [-0.3, -0.25) is 0 Å². The third-order valence-electron chi connectivity index (χ3n) is 2.45. The van der Waals surface area contributed by atoms with Crippen molar-refractivity contribution in [3.8, 4) is 5.75 Å². The van der Waals surface area contributed by atoms with Crippen LogP contribution in [0.2, 0.25) is 0 Å². The Kier molecular flexibility index (Phi) is 5.01. The van der Waals surface area contributed by atoms with Crippen LogP contribution in [0, 0.1) is 5.92 Å². The molecule has 1 aromatic rings. The summed E-state index contributed by atoms with van der Waals surface area (Å²) in [4.78, 5) is 11.5. The molecule has 0 aliphatic carbocycles. The van der Waals surface area contributed by atoms with Crippen molar-refractivity contribution in [3.05, 3.63) is 29.3 Å². The number of carbonyl (C=O) groups is 1. The van der Waals surface area contributed by atoms with Gasteiger partial charge in [0.1, 0.15) is 5.75 Å². The summed E-state index contributed by atoms with van der Waals surface area (Å²) in [6, 6.07) is 5.49.